The van der Waals surface area contributed by atoms with Gasteiger partial charge in [-0.25, -0.2) is 0 Å². The summed E-state index contributed by atoms with van der Waals surface area (Å²) in [5.74, 6) is 1.64. The van der Waals surface area contributed by atoms with Gasteiger partial charge < -0.3 is 14.7 Å². The van der Waals surface area contributed by atoms with Crippen molar-refractivity contribution in [1.82, 2.24) is 14.7 Å². The molecule has 0 N–H and O–H groups in total. The molecule has 0 unspecified atom stereocenters. The molecule has 0 aliphatic carbocycles. The lowest BCUT2D eigenvalue weighted by Crippen LogP contribution is -2.36. The number of nitrogens with zero attached hydrogens (tertiary/aromatic N) is 3. The average Bonchev–Trinajstić information content (AvgIpc) is 3.42. The van der Waals surface area contributed by atoms with E-state index in [1.807, 2.05) is 0 Å². The third-order valence-corrected chi connectivity index (χ3v) is 9.16. The third kappa shape index (κ3) is 49.2. The molecule has 2 saturated heterocycles. The van der Waals surface area contributed by atoms with Gasteiger partial charge in [0.15, 0.2) is 0 Å². The smallest absolute Gasteiger partial charge is 0.00300 e. The third-order valence-electron chi connectivity index (χ3n) is 9.16. The molecular formula is C52H107N3. The Hall–Kier alpha value is -0.900. The first-order chi connectivity index (χ1) is 24.5. The van der Waals surface area contributed by atoms with Crippen molar-refractivity contribution in [3.05, 3.63) is 35.9 Å². The lowest BCUT2D eigenvalue weighted by atomic mass is 9.84. The van der Waals surface area contributed by atoms with Crippen LogP contribution >= 0.6 is 0 Å². The predicted octanol–water partition coefficient (Wildman–Crippen LogP) is 15.3. The van der Waals surface area contributed by atoms with E-state index in [0.717, 1.165) is 24.8 Å². The van der Waals surface area contributed by atoms with Crippen molar-refractivity contribution in [2.24, 2.45) is 44.3 Å². The maximum atomic E-state index is 2.60. The fourth-order valence-electron chi connectivity index (χ4n) is 6.78. The molecule has 0 amide bonds. The van der Waals surface area contributed by atoms with Gasteiger partial charge in [-0.2, -0.15) is 0 Å². The van der Waals surface area contributed by atoms with E-state index in [-0.39, 0.29) is 0 Å². The van der Waals surface area contributed by atoms with E-state index in [9.17, 15) is 0 Å². The van der Waals surface area contributed by atoms with Crippen molar-refractivity contribution in [1.29, 1.82) is 0 Å². The highest BCUT2D eigenvalue weighted by molar-refractivity contribution is 5.15. The van der Waals surface area contributed by atoms with Gasteiger partial charge in [0, 0.05) is 19.6 Å². The molecule has 1 aromatic rings. The highest BCUT2D eigenvalue weighted by Crippen LogP contribution is 2.25. The van der Waals surface area contributed by atoms with E-state index < -0.39 is 0 Å². The van der Waals surface area contributed by atoms with Crippen LogP contribution in [-0.4, -0.2) is 74.6 Å². The summed E-state index contributed by atoms with van der Waals surface area (Å²) < 4.78 is 0. The van der Waals surface area contributed by atoms with Crippen molar-refractivity contribution in [3.8, 4) is 0 Å². The zero-order chi connectivity index (χ0) is 43.9. The van der Waals surface area contributed by atoms with E-state index in [4.69, 9.17) is 0 Å². The zero-order valence-electron chi connectivity index (χ0n) is 42.8. The summed E-state index contributed by atoms with van der Waals surface area (Å²) in [7, 11) is 4.20. The largest absolute Gasteiger partial charge is 0.309 e. The maximum Gasteiger partial charge on any atom is 0.00300 e. The van der Waals surface area contributed by atoms with Gasteiger partial charge in [-0.05, 0) is 129 Å². The number of likely N-dealkylation sites (tertiary alicyclic amines) is 2. The minimum absolute atomic E-state index is 0.404. The lowest BCUT2D eigenvalue weighted by Gasteiger charge is -2.32. The minimum Gasteiger partial charge on any atom is -0.309 e. The minimum atomic E-state index is 0.404. The molecule has 2 fully saturated rings. The van der Waals surface area contributed by atoms with E-state index in [0.29, 0.717) is 32.5 Å². The molecule has 330 valence electrons. The average molecular weight is 774 g/mol. The number of benzene rings is 1. The highest BCUT2D eigenvalue weighted by atomic mass is 15.1. The Labute approximate surface area is 351 Å². The Morgan fingerprint density at radius 3 is 1.04 bits per heavy atom. The monoisotopic (exact) mass is 774 g/mol. The topological polar surface area (TPSA) is 9.72 Å². The standard InChI is InChI=1S/C11H16.C10H21N.C9H19N.C8H18.C7H17N.C7H16/c1-11(2,3)9-10-7-5-4-6-8-10;1-10(2,3)9-11-7-5-4-6-8-11;1-9(2,3)8-10-6-4-5-7-10;1-7(2)6-8(3,4)5;1-7(2,3)6-8(4)5;1-6(2)7(3,4)5/h4-8H,9H2,1-3H3;4-9H2,1-3H3;4-8H2,1-3H3;7H,6H2,1-5H3;6H2,1-5H3;6H,1-5H3. The normalized spacial score (nSPS) is 16.1. The van der Waals surface area contributed by atoms with Gasteiger partial charge in [0.1, 0.15) is 0 Å². The first kappa shape index (κ1) is 58.4. The van der Waals surface area contributed by atoms with Gasteiger partial charge >= 0.3 is 0 Å². The molecule has 2 aliphatic heterocycles. The fraction of sp³-hybridized carbons (Fsp3) is 0.885. The molecule has 3 nitrogen and oxygen atoms in total. The molecule has 3 heteroatoms. The van der Waals surface area contributed by atoms with Crippen LogP contribution in [0, 0.1) is 44.3 Å². The quantitative estimate of drug-likeness (QED) is 0.295. The van der Waals surface area contributed by atoms with Gasteiger partial charge in [-0.1, -0.05) is 189 Å². The van der Waals surface area contributed by atoms with Crippen LogP contribution in [0.3, 0.4) is 0 Å². The molecule has 3 rings (SSSR count). The van der Waals surface area contributed by atoms with E-state index in [1.54, 1.807) is 0 Å². The van der Waals surface area contributed by atoms with Crippen molar-refractivity contribution in [2.45, 2.75) is 197 Å². The van der Waals surface area contributed by atoms with Crippen LogP contribution in [-0.2, 0) is 6.42 Å². The van der Waals surface area contributed by atoms with Gasteiger partial charge in [-0.15, -0.1) is 0 Å². The first-order valence-corrected chi connectivity index (χ1v) is 22.6. The number of piperidine rings is 1. The molecule has 0 spiro atoms. The summed E-state index contributed by atoms with van der Waals surface area (Å²) >= 11 is 0. The van der Waals surface area contributed by atoms with Crippen molar-refractivity contribution >= 4 is 0 Å². The molecule has 0 saturated carbocycles. The van der Waals surface area contributed by atoms with Gasteiger partial charge in [-0.3, -0.25) is 0 Å². The molecule has 55 heavy (non-hydrogen) atoms. The van der Waals surface area contributed by atoms with Crippen LogP contribution in [0.5, 0.6) is 0 Å². The van der Waals surface area contributed by atoms with Crippen molar-refractivity contribution in [3.63, 3.8) is 0 Å². The second-order valence-corrected chi connectivity index (χ2v) is 25.1. The Morgan fingerprint density at radius 1 is 0.491 bits per heavy atom. The van der Waals surface area contributed by atoms with Crippen molar-refractivity contribution < 1.29 is 0 Å². The Kier molecular flexibility index (Phi) is 29.4. The van der Waals surface area contributed by atoms with Crippen LogP contribution in [0.15, 0.2) is 30.3 Å². The zero-order valence-corrected chi connectivity index (χ0v) is 42.8. The van der Waals surface area contributed by atoms with Gasteiger partial charge in [0.05, 0.1) is 0 Å². The Balaban J connectivity index is -0.000000595. The van der Waals surface area contributed by atoms with Gasteiger partial charge in [0.25, 0.3) is 0 Å². The van der Waals surface area contributed by atoms with Crippen LogP contribution < -0.4 is 0 Å². The summed E-state index contributed by atoms with van der Waals surface area (Å²) in [6, 6.07) is 10.6. The molecule has 0 bridgehead atoms. The second-order valence-electron chi connectivity index (χ2n) is 25.1. The maximum absolute atomic E-state index is 2.60. The number of hydrogen-bond acceptors (Lipinski definition) is 3. The second kappa shape index (κ2) is 27.7. The Bertz CT molecular complexity index is 963. The summed E-state index contributed by atoms with van der Waals surface area (Å²) in [4.78, 5) is 7.38. The first-order valence-electron chi connectivity index (χ1n) is 22.6. The van der Waals surface area contributed by atoms with E-state index >= 15 is 0 Å². The predicted molar refractivity (Wildman–Crippen MR) is 256 cm³/mol. The molecule has 1 aromatic carbocycles. The summed E-state index contributed by atoms with van der Waals surface area (Å²) in [6.45, 7) is 59.1. The SMILES string of the molecule is CC(C)(C)CN1CCCC1.CC(C)(C)CN1CCCCC1.CC(C)(C)Cc1ccccc1.CC(C)C(C)(C)C.CC(C)CC(C)(C)C.CN(C)CC(C)(C)C. The van der Waals surface area contributed by atoms with Crippen LogP contribution in [0.2, 0.25) is 0 Å². The summed E-state index contributed by atoms with van der Waals surface area (Å²) in [5, 5.41) is 0. The molecular weight excluding hydrogens is 667 g/mol. The number of hydrogen-bond donors (Lipinski definition) is 0. The van der Waals surface area contributed by atoms with Gasteiger partial charge in [0.2, 0.25) is 0 Å². The van der Waals surface area contributed by atoms with Crippen LogP contribution in [0.1, 0.15) is 196 Å². The van der Waals surface area contributed by atoms with Crippen LogP contribution in [0.25, 0.3) is 0 Å². The lowest BCUT2D eigenvalue weighted by molar-refractivity contribution is 0.164. The van der Waals surface area contributed by atoms with Crippen molar-refractivity contribution in [2.75, 3.05) is 59.9 Å². The molecule has 2 heterocycles. The molecule has 2 aliphatic rings. The molecule has 0 aromatic heterocycles. The fourth-order valence-corrected chi connectivity index (χ4v) is 6.78. The summed E-state index contributed by atoms with van der Waals surface area (Å²) in [5.41, 5.74) is 4.28. The molecule has 0 atom stereocenters. The van der Waals surface area contributed by atoms with E-state index in [1.165, 1.54) is 83.4 Å². The van der Waals surface area contributed by atoms with E-state index in [2.05, 4.69) is 211 Å². The highest BCUT2D eigenvalue weighted by Gasteiger charge is 2.19. The Morgan fingerprint density at radius 2 is 0.836 bits per heavy atom. The van der Waals surface area contributed by atoms with Crippen LogP contribution in [0.4, 0.5) is 0 Å². The number of rotatable bonds is 5. The molecule has 0 radical (unpaired) electrons. The summed E-state index contributed by atoms with van der Waals surface area (Å²) in [6.07, 6.45) is 9.58.